The molecule has 1 aromatic carbocycles. The zero-order valence-electron chi connectivity index (χ0n) is 12.6. The molecule has 0 spiro atoms. The lowest BCUT2D eigenvalue weighted by Crippen LogP contribution is -2.40. The number of hydrogen-bond donors (Lipinski definition) is 2. The summed E-state index contributed by atoms with van der Waals surface area (Å²) in [5.41, 5.74) is 6.81. The van der Waals surface area contributed by atoms with Crippen molar-refractivity contribution < 1.29 is 13.2 Å². The summed E-state index contributed by atoms with van der Waals surface area (Å²) in [5, 5.41) is 0. The van der Waals surface area contributed by atoms with Crippen molar-refractivity contribution in [3.05, 3.63) is 29.8 Å². The molecular formula is C15H24N2O3S. The molecule has 3 atom stereocenters. The first kappa shape index (κ1) is 16.4. The maximum Gasteiger partial charge on any atom is 0.240 e. The van der Waals surface area contributed by atoms with Gasteiger partial charge in [-0.1, -0.05) is 19.1 Å². The van der Waals surface area contributed by atoms with Crippen molar-refractivity contribution in [2.24, 2.45) is 5.73 Å². The molecule has 1 aliphatic heterocycles. The van der Waals surface area contributed by atoms with Gasteiger partial charge in [-0.2, -0.15) is 0 Å². The van der Waals surface area contributed by atoms with Gasteiger partial charge in [-0.15, -0.1) is 0 Å². The highest BCUT2D eigenvalue weighted by atomic mass is 32.2. The van der Waals surface area contributed by atoms with Crippen LogP contribution in [-0.2, 0) is 14.8 Å². The highest BCUT2D eigenvalue weighted by molar-refractivity contribution is 7.89. The van der Waals surface area contributed by atoms with Crippen LogP contribution in [0.4, 0.5) is 0 Å². The fraction of sp³-hybridized carbons (Fsp3) is 0.600. The lowest BCUT2D eigenvalue weighted by atomic mass is 10.1. The van der Waals surface area contributed by atoms with Gasteiger partial charge in [0, 0.05) is 18.7 Å². The van der Waals surface area contributed by atoms with Crippen LogP contribution in [0.3, 0.4) is 0 Å². The molecule has 0 radical (unpaired) electrons. The molecule has 0 saturated carbocycles. The van der Waals surface area contributed by atoms with E-state index in [1.807, 2.05) is 19.9 Å². The van der Waals surface area contributed by atoms with E-state index in [-0.39, 0.29) is 23.1 Å². The summed E-state index contributed by atoms with van der Waals surface area (Å²) in [7, 11) is -3.55. The van der Waals surface area contributed by atoms with Crippen LogP contribution in [0.5, 0.6) is 0 Å². The third-order valence-electron chi connectivity index (χ3n) is 3.90. The largest absolute Gasteiger partial charge is 0.377 e. The van der Waals surface area contributed by atoms with E-state index in [0.29, 0.717) is 6.61 Å². The number of sulfonamides is 1. The minimum atomic E-state index is -3.55. The van der Waals surface area contributed by atoms with Gasteiger partial charge in [0.1, 0.15) is 0 Å². The molecule has 1 heterocycles. The molecule has 1 fully saturated rings. The summed E-state index contributed by atoms with van der Waals surface area (Å²) < 4.78 is 33.1. The molecule has 5 nitrogen and oxygen atoms in total. The first-order valence-corrected chi connectivity index (χ1v) is 8.92. The van der Waals surface area contributed by atoms with Crippen molar-refractivity contribution in [2.75, 3.05) is 6.61 Å². The number of benzene rings is 1. The minimum absolute atomic E-state index is 0.0409. The Balaban J connectivity index is 2.15. The van der Waals surface area contributed by atoms with Gasteiger partial charge >= 0.3 is 0 Å². The van der Waals surface area contributed by atoms with E-state index < -0.39 is 10.0 Å². The maximum absolute atomic E-state index is 12.5. The quantitative estimate of drug-likeness (QED) is 0.841. The normalized spacial score (nSPS) is 22.1. The molecule has 0 bridgehead atoms. The molecule has 0 aliphatic carbocycles. The van der Waals surface area contributed by atoms with Crippen molar-refractivity contribution in [3.63, 3.8) is 0 Å². The topological polar surface area (TPSA) is 81.4 Å². The molecular weight excluding hydrogens is 288 g/mol. The molecule has 0 aromatic heterocycles. The molecule has 2 rings (SSSR count). The molecule has 118 valence electrons. The number of ether oxygens (including phenoxy) is 1. The summed E-state index contributed by atoms with van der Waals surface area (Å²) in [4.78, 5) is 0.258. The first-order valence-electron chi connectivity index (χ1n) is 7.43. The standard InChI is InChI=1S/C15H24N2O3S/c1-3-14(16)12-6-4-7-13(10-12)21(18,19)17-11(2)15-8-5-9-20-15/h4,6-7,10-11,14-15,17H,3,5,8-9,16H2,1-2H3. The molecule has 1 aliphatic rings. The summed E-state index contributed by atoms with van der Waals surface area (Å²) in [6.07, 6.45) is 2.60. The zero-order chi connectivity index (χ0) is 15.5. The predicted octanol–water partition coefficient (Wildman–Crippen LogP) is 1.94. The van der Waals surface area contributed by atoms with E-state index in [1.165, 1.54) is 0 Å². The Morgan fingerprint density at radius 2 is 2.24 bits per heavy atom. The second kappa shape index (κ2) is 6.87. The van der Waals surface area contributed by atoms with Crippen LogP contribution in [0.25, 0.3) is 0 Å². The van der Waals surface area contributed by atoms with E-state index >= 15 is 0 Å². The van der Waals surface area contributed by atoms with Crippen LogP contribution in [0.1, 0.15) is 44.7 Å². The summed E-state index contributed by atoms with van der Waals surface area (Å²) in [5.74, 6) is 0. The van der Waals surface area contributed by atoms with E-state index in [4.69, 9.17) is 10.5 Å². The van der Waals surface area contributed by atoms with Gasteiger partial charge in [-0.05, 0) is 43.9 Å². The van der Waals surface area contributed by atoms with E-state index in [1.54, 1.807) is 18.2 Å². The predicted molar refractivity (Wildman–Crippen MR) is 82.4 cm³/mol. The number of hydrogen-bond acceptors (Lipinski definition) is 4. The smallest absolute Gasteiger partial charge is 0.240 e. The third kappa shape index (κ3) is 4.03. The van der Waals surface area contributed by atoms with Crippen molar-refractivity contribution in [3.8, 4) is 0 Å². The van der Waals surface area contributed by atoms with Gasteiger partial charge in [0.15, 0.2) is 0 Å². The highest BCUT2D eigenvalue weighted by Gasteiger charge is 2.27. The van der Waals surface area contributed by atoms with E-state index in [0.717, 1.165) is 24.8 Å². The van der Waals surface area contributed by atoms with Gasteiger partial charge in [0.05, 0.1) is 11.0 Å². The third-order valence-corrected chi connectivity index (χ3v) is 5.46. The van der Waals surface area contributed by atoms with Crippen LogP contribution < -0.4 is 10.5 Å². The maximum atomic E-state index is 12.5. The van der Waals surface area contributed by atoms with Gasteiger partial charge < -0.3 is 10.5 Å². The van der Waals surface area contributed by atoms with Crippen LogP contribution in [0.2, 0.25) is 0 Å². The van der Waals surface area contributed by atoms with Gasteiger partial charge in [0.2, 0.25) is 10.0 Å². The Bertz CT molecular complexity index is 568. The van der Waals surface area contributed by atoms with Crippen LogP contribution in [0.15, 0.2) is 29.2 Å². The molecule has 3 N–H and O–H groups in total. The first-order chi connectivity index (χ1) is 9.94. The Morgan fingerprint density at radius 1 is 1.48 bits per heavy atom. The second-order valence-corrected chi connectivity index (χ2v) is 7.26. The lowest BCUT2D eigenvalue weighted by molar-refractivity contribution is 0.0902. The average molecular weight is 312 g/mol. The Morgan fingerprint density at radius 3 is 2.86 bits per heavy atom. The van der Waals surface area contributed by atoms with Gasteiger partial charge in [-0.25, -0.2) is 13.1 Å². The molecule has 0 amide bonds. The van der Waals surface area contributed by atoms with Crippen molar-refractivity contribution in [1.82, 2.24) is 4.72 Å². The van der Waals surface area contributed by atoms with Crippen LogP contribution in [0, 0.1) is 0 Å². The molecule has 21 heavy (non-hydrogen) atoms. The molecule has 1 saturated heterocycles. The number of nitrogens with two attached hydrogens (primary N) is 1. The fourth-order valence-corrected chi connectivity index (χ4v) is 3.86. The number of rotatable bonds is 6. The SMILES string of the molecule is CCC(N)c1cccc(S(=O)(=O)NC(C)C2CCCO2)c1. The monoisotopic (exact) mass is 312 g/mol. The minimum Gasteiger partial charge on any atom is -0.377 e. The summed E-state index contributed by atoms with van der Waals surface area (Å²) in [6.45, 7) is 4.52. The Hall–Kier alpha value is -0.950. The Kier molecular flexibility index (Phi) is 5.37. The second-order valence-electron chi connectivity index (χ2n) is 5.55. The van der Waals surface area contributed by atoms with Crippen LogP contribution >= 0.6 is 0 Å². The van der Waals surface area contributed by atoms with Gasteiger partial charge in [-0.3, -0.25) is 0 Å². The average Bonchev–Trinajstić information content (AvgIpc) is 3.00. The van der Waals surface area contributed by atoms with Gasteiger partial charge in [0.25, 0.3) is 0 Å². The molecule has 1 aromatic rings. The molecule has 6 heteroatoms. The lowest BCUT2D eigenvalue weighted by Gasteiger charge is -2.20. The fourth-order valence-electron chi connectivity index (χ4n) is 2.53. The molecule has 3 unspecified atom stereocenters. The Labute approximate surface area is 126 Å². The van der Waals surface area contributed by atoms with Crippen LogP contribution in [-0.4, -0.2) is 27.2 Å². The van der Waals surface area contributed by atoms with Crippen molar-refractivity contribution in [2.45, 2.75) is 56.2 Å². The number of nitrogens with one attached hydrogen (secondary N) is 1. The highest BCUT2D eigenvalue weighted by Crippen LogP contribution is 2.20. The van der Waals surface area contributed by atoms with E-state index in [9.17, 15) is 8.42 Å². The zero-order valence-corrected chi connectivity index (χ0v) is 13.4. The van der Waals surface area contributed by atoms with Crippen molar-refractivity contribution >= 4 is 10.0 Å². The van der Waals surface area contributed by atoms with E-state index in [2.05, 4.69) is 4.72 Å². The summed E-state index contributed by atoms with van der Waals surface area (Å²) >= 11 is 0. The van der Waals surface area contributed by atoms with Crippen molar-refractivity contribution in [1.29, 1.82) is 0 Å². The summed E-state index contributed by atoms with van der Waals surface area (Å²) in [6, 6.07) is 6.46.